The van der Waals surface area contributed by atoms with Gasteiger partial charge in [-0.1, -0.05) is 17.7 Å². The van der Waals surface area contributed by atoms with Crippen LogP contribution in [0.3, 0.4) is 0 Å². The lowest BCUT2D eigenvalue weighted by molar-refractivity contribution is -0.120. The number of amides is 1. The van der Waals surface area contributed by atoms with E-state index in [4.69, 9.17) is 11.6 Å². The van der Waals surface area contributed by atoms with Crippen molar-refractivity contribution >= 4 is 33.2 Å². The topological polar surface area (TPSA) is 66.5 Å². The highest BCUT2D eigenvalue weighted by Crippen LogP contribution is 2.26. The molecule has 1 atom stereocenters. The molecule has 144 valence electrons. The lowest BCUT2D eigenvalue weighted by Crippen LogP contribution is -2.43. The van der Waals surface area contributed by atoms with Crippen molar-refractivity contribution in [1.29, 1.82) is 0 Å². The summed E-state index contributed by atoms with van der Waals surface area (Å²) in [4.78, 5) is 12.8. The molecular formula is C19H20ClFN2O3S. The van der Waals surface area contributed by atoms with Crippen LogP contribution in [0.2, 0.25) is 5.02 Å². The fourth-order valence-electron chi connectivity index (χ4n) is 3.09. The number of sulfonamides is 1. The Balaban J connectivity index is 1.74. The molecule has 3 rings (SSSR count). The van der Waals surface area contributed by atoms with Crippen molar-refractivity contribution in [3.8, 4) is 0 Å². The number of carbonyl (C=O) groups excluding carboxylic acids is 1. The molecule has 2 aromatic rings. The minimum Gasteiger partial charge on any atom is -0.325 e. The molecule has 1 aliphatic heterocycles. The van der Waals surface area contributed by atoms with Crippen molar-refractivity contribution in [3.05, 3.63) is 58.9 Å². The van der Waals surface area contributed by atoms with Crippen LogP contribution in [0.25, 0.3) is 0 Å². The summed E-state index contributed by atoms with van der Waals surface area (Å²) in [6.07, 6.45) is 1.15. The van der Waals surface area contributed by atoms with Gasteiger partial charge in [0.2, 0.25) is 15.9 Å². The number of carbonyl (C=O) groups is 1. The monoisotopic (exact) mass is 410 g/mol. The van der Waals surface area contributed by atoms with Gasteiger partial charge in [0.15, 0.2) is 0 Å². The number of aryl methyl sites for hydroxylation is 1. The number of benzene rings is 2. The van der Waals surface area contributed by atoms with Crippen molar-refractivity contribution in [2.24, 2.45) is 5.92 Å². The Morgan fingerprint density at radius 1 is 1.22 bits per heavy atom. The number of piperidine rings is 1. The van der Waals surface area contributed by atoms with E-state index in [1.54, 1.807) is 13.0 Å². The van der Waals surface area contributed by atoms with E-state index in [1.807, 2.05) is 0 Å². The van der Waals surface area contributed by atoms with E-state index >= 15 is 0 Å². The number of hydrogen-bond acceptors (Lipinski definition) is 3. The highest BCUT2D eigenvalue weighted by molar-refractivity contribution is 7.89. The lowest BCUT2D eigenvalue weighted by Gasteiger charge is -2.31. The second-order valence-corrected chi connectivity index (χ2v) is 8.98. The maximum Gasteiger partial charge on any atom is 0.243 e. The Bertz CT molecular complexity index is 948. The first-order valence-corrected chi connectivity index (χ1v) is 10.4. The van der Waals surface area contributed by atoms with E-state index in [1.165, 1.54) is 40.7 Å². The van der Waals surface area contributed by atoms with E-state index in [2.05, 4.69) is 5.32 Å². The highest BCUT2D eigenvalue weighted by atomic mass is 35.5. The van der Waals surface area contributed by atoms with Crippen molar-refractivity contribution in [1.82, 2.24) is 4.31 Å². The van der Waals surface area contributed by atoms with Crippen LogP contribution in [0.1, 0.15) is 18.4 Å². The van der Waals surface area contributed by atoms with Crippen LogP contribution < -0.4 is 5.32 Å². The van der Waals surface area contributed by atoms with Gasteiger partial charge < -0.3 is 5.32 Å². The number of rotatable bonds is 4. The third-order valence-corrected chi connectivity index (χ3v) is 6.80. The molecule has 1 amide bonds. The first-order chi connectivity index (χ1) is 12.8. The molecule has 0 bridgehead atoms. The zero-order valence-electron chi connectivity index (χ0n) is 14.8. The summed E-state index contributed by atoms with van der Waals surface area (Å²) in [7, 11) is -3.70. The first kappa shape index (κ1) is 19.8. The van der Waals surface area contributed by atoms with Gasteiger partial charge in [-0.2, -0.15) is 4.31 Å². The maximum atomic E-state index is 13.4. The average Bonchev–Trinajstić information content (AvgIpc) is 2.65. The van der Waals surface area contributed by atoms with Crippen LogP contribution in [-0.4, -0.2) is 31.7 Å². The van der Waals surface area contributed by atoms with E-state index in [9.17, 15) is 17.6 Å². The summed E-state index contributed by atoms with van der Waals surface area (Å²) in [6, 6.07) is 10.1. The van der Waals surface area contributed by atoms with E-state index in [-0.39, 0.29) is 17.3 Å². The number of anilines is 1. The normalized spacial score (nSPS) is 18.3. The Morgan fingerprint density at radius 3 is 2.63 bits per heavy atom. The van der Waals surface area contributed by atoms with Crippen LogP contribution in [-0.2, 0) is 14.8 Å². The molecule has 0 radical (unpaired) electrons. The van der Waals surface area contributed by atoms with Gasteiger partial charge >= 0.3 is 0 Å². The molecule has 1 heterocycles. The van der Waals surface area contributed by atoms with Gasteiger partial charge in [-0.15, -0.1) is 0 Å². The summed E-state index contributed by atoms with van der Waals surface area (Å²) in [5.41, 5.74) is 1.14. The predicted octanol–water partition coefficient (Wildman–Crippen LogP) is 3.83. The van der Waals surface area contributed by atoms with Gasteiger partial charge in [0.05, 0.1) is 10.8 Å². The summed E-state index contributed by atoms with van der Waals surface area (Å²) in [6.45, 7) is 2.21. The minimum absolute atomic E-state index is 0.0884. The second kappa shape index (κ2) is 7.96. The zero-order valence-corrected chi connectivity index (χ0v) is 16.4. The molecule has 8 heteroatoms. The van der Waals surface area contributed by atoms with Gasteiger partial charge in [-0.3, -0.25) is 4.79 Å². The third-order valence-electron chi connectivity index (χ3n) is 4.66. The van der Waals surface area contributed by atoms with Crippen molar-refractivity contribution < 1.29 is 17.6 Å². The van der Waals surface area contributed by atoms with Crippen LogP contribution >= 0.6 is 11.6 Å². The molecule has 0 aromatic heterocycles. The van der Waals surface area contributed by atoms with Crippen molar-refractivity contribution in [2.75, 3.05) is 18.4 Å². The predicted molar refractivity (Wildman–Crippen MR) is 103 cm³/mol. The van der Waals surface area contributed by atoms with Gasteiger partial charge in [0.1, 0.15) is 5.82 Å². The Kier molecular flexibility index (Phi) is 5.83. The molecule has 0 aliphatic carbocycles. The molecule has 2 aromatic carbocycles. The smallest absolute Gasteiger partial charge is 0.243 e. The zero-order chi connectivity index (χ0) is 19.6. The first-order valence-electron chi connectivity index (χ1n) is 8.60. The van der Waals surface area contributed by atoms with Crippen LogP contribution in [0.4, 0.5) is 10.1 Å². The lowest BCUT2D eigenvalue weighted by atomic mass is 9.98. The van der Waals surface area contributed by atoms with Gasteiger partial charge in [0.25, 0.3) is 0 Å². The van der Waals surface area contributed by atoms with E-state index in [0.29, 0.717) is 30.1 Å². The Morgan fingerprint density at radius 2 is 1.93 bits per heavy atom. The Hall–Kier alpha value is -1.96. The average molecular weight is 411 g/mol. The number of halogens is 2. The molecule has 1 N–H and O–H groups in total. The third kappa shape index (κ3) is 4.48. The summed E-state index contributed by atoms with van der Waals surface area (Å²) >= 11 is 5.83. The summed E-state index contributed by atoms with van der Waals surface area (Å²) in [5.74, 6) is -1.24. The SMILES string of the molecule is Cc1ccc(F)cc1NC(=O)[C@H]1CCCN(S(=O)(=O)c2ccc(Cl)cc2)C1. The highest BCUT2D eigenvalue weighted by Gasteiger charge is 2.33. The molecule has 5 nitrogen and oxygen atoms in total. The molecular weight excluding hydrogens is 391 g/mol. The van der Waals surface area contributed by atoms with Crippen LogP contribution in [0.5, 0.6) is 0 Å². The number of nitrogens with one attached hydrogen (secondary N) is 1. The molecule has 1 saturated heterocycles. The summed E-state index contributed by atoms with van der Waals surface area (Å²) in [5, 5.41) is 3.18. The Labute approximate surface area is 163 Å². The van der Waals surface area contributed by atoms with Crippen molar-refractivity contribution in [3.63, 3.8) is 0 Å². The van der Waals surface area contributed by atoms with Crippen LogP contribution in [0, 0.1) is 18.7 Å². The van der Waals surface area contributed by atoms with Crippen molar-refractivity contribution in [2.45, 2.75) is 24.7 Å². The number of hydrogen-bond donors (Lipinski definition) is 1. The molecule has 0 spiro atoms. The molecule has 27 heavy (non-hydrogen) atoms. The summed E-state index contributed by atoms with van der Waals surface area (Å²) < 4.78 is 40.4. The van der Waals surface area contributed by atoms with Gasteiger partial charge in [-0.05, 0) is 61.7 Å². The van der Waals surface area contributed by atoms with Gasteiger partial charge in [-0.25, -0.2) is 12.8 Å². The largest absolute Gasteiger partial charge is 0.325 e. The fraction of sp³-hybridized carbons (Fsp3) is 0.316. The molecule has 0 unspecified atom stereocenters. The van der Waals surface area contributed by atoms with E-state index < -0.39 is 21.8 Å². The van der Waals surface area contributed by atoms with E-state index in [0.717, 1.165) is 5.56 Å². The molecule has 1 aliphatic rings. The van der Waals surface area contributed by atoms with Gasteiger partial charge in [0, 0.05) is 23.8 Å². The fourth-order valence-corrected chi connectivity index (χ4v) is 4.74. The number of nitrogens with zero attached hydrogens (tertiary/aromatic N) is 1. The molecule has 0 saturated carbocycles. The maximum absolute atomic E-state index is 13.4. The van der Waals surface area contributed by atoms with Crippen LogP contribution in [0.15, 0.2) is 47.4 Å². The standard InChI is InChI=1S/C19H20ClFN2O3S/c1-13-4-7-16(21)11-18(13)22-19(24)14-3-2-10-23(12-14)27(25,26)17-8-5-15(20)6-9-17/h4-9,11,14H,2-3,10,12H2,1H3,(H,22,24)/t14-/m0/s1. The quantitative estimate of drug-likeness (QED) is 0.833. The minimum atomic E-state index is -3.70. The second-order valence-electron chi connectivity index (χ2n) is 6.60. The molecule has 1 fully saturated rings.